The molecule has 82 valence electrons. The topological polar surface area (TPSA) is 63.7 Å². The second-order valence-electron chi connectivity index (χ2n) is 3.81. The average Bonchev–Trinajstić information content (AvgIpc) is 2.70. The molecule has 0 aromatic rings. The molecule has 0 unspecified atom stereocenters. The van der Waals surface area contributed by atoms with Crippen LogP contribution in [-0.2, 0) is 19.1 Å². The van der Waals surface area contributed by atoms with Gasteiger partial charge < -0.3 is 9.64 Å². The lowest BCUT2D eigenvalue weighted by atomic mass is 10.0. The zero-order valence-electron chi connectivity index (χ0n) is 8.56. The first-order valence-corrected chi connectivity index (χ1v) is 5.15. The van der Waals surface area contributed by atoms with Gasteiger partial charge in [0.05, 0.1) is 12.6 Å². The van der Waals surface area contributed by atoms with E-state index in [0.717, 1.165) is 0 Å². The van der Waals surface area contributed by atoms with E-state index in [1.807, 2.05) is 0 Å². The largest absolute Gasteiger partial charge is 0.465 e. The number of ketones is 1. The van der Waals surface area contributed by atoms with E-state index in [1.165, 1.54) is 4.90 Å². The first kappa shape index (κ1) is 10.1. The summed E-state index contributed by atoms with van der Waals surface area (Å²) in [4.78, 5) is 36.0. The van der Waals surface area contributed by atoms with Gasteiger partial charge >= 0.3 is 5.97 Å². The SMILES string of the molecule is CCOC(=O)[C@@H]1CN2C(=O)CC[C@H]2C1=O. The van der Waals surface area contributed by atoms with Crippen LogP contribution in [0, 0.1) is 5.92 Å². The van der Waals surface area contributed by atoms with Crippen molar-refractivity contribution >= 4 is 17.7 Å². The zero-order chi connectivity index (χ0) is 11.0. The van der Waals surface area contributed by atoms with Crippen molar-refractivity contribution < 1.29 is 19.1 Å². The van der Waals surface area contributed by atoms with E-state index in [-0.39, 0.29) is 30.9 Å². The predicted octanol–water partition coefficient (Wildman–Crippen LogP) is -0.261. The average molecular weight is 211 g/mol. The smallest absolute Gasteiger partial charge is 0.318 e. The van der Waals surface area contributed by atoms with Crippen LogP contribution in [0.1, 0.15) is 19.8 Å². The number of hydrogen-bond acceptors (Lipinski definition) is 4. The number of fused-ring (bicyclic) bond motifs is 1. The van der Waals surface area contributed by atoms with E-state index in [0.29, 0.717) is 12.8 Å². The van der Waals surface area contributed by atoms with Crippen molar-refractivity contribution in [1.82, 2.24) is 4.90 Å². The molecule has 0 bridgehead atoms. The van der Waals surface area contributed by atoms with Crippen LogP contribution in [0.4, 0.5) is 0 Å². The van der Waals surface area contributed by atoms with Gasteiger partial charge in [0.25, 0.3) is 0 Å². The van der Waals surface area contributed by atoms with Crippen molar-refractivity contribution in [3.8, 4) is 0 Å². The third kappa shape index (κ3) is 1.52. The van der Waals surface area contributed by atoms with Gasteiger partial charge in [0.2, 0.25) is 5.91 Å². The number of amides is 1. The van der Waals surface area contributed by atoms with Crippen molar-refractivity contribution in [2.75, 3.05) is 13.2 Å². The van der Waals surface area contributed by atoms with E-state index in [2.05, 4.69) is 0 Å². The molecule has 15 heavy (non-hydrogen) atoms. The van der Waals surface area contributed by atoms with Gasteiger partial charge in [0.15, 0.2) is 5.78 Å². The molecule has 2 fully saturated rings. The van der Waals surface area contributed by atoms with E-state index in [4.69, 9.17) is 4.74 Å². The maximum Gasteiger partial charge on any atom is 0.318 e. The Kier molecular flexibility index (Phi) is 2.46. The summed E-state index contributed by atoms with van der Waals surface area (Å²) >= 11 is 0. The van der Waals surface area contributed by atoms with Crippen LogP contribution in [0.5, 0.6) is 0 Å². The van der Waals surface area contributed by atoms with Gasteiger partial charge in [-0.1, -0.05) is 0 Å². The van der Waals surface area contributed by atoms with Crippen LogP contribution >= 0.6 is 0 Å². The minimum Gasteiger partial charge on any atom is -0.465 e. The fourth-order valence-corrected chi connectivity index (χ4v) is 2.21. The molecule has 5 heteroatoms. The number of esters is 1. The molecule has 0 aliphatic carbocycles. The second-order valence-corrected chi connectivity index (χ2v) is 3.81. The van der Waals surface area contributed by atoms with Gasteiger partial charge in [-0.25, -0.2) is 0 Å². The fourth-order valence-electron chi connectivity index (χ4n) is 2.21. The molecule has 0 aromatic carbocycles. The summed E-state index contributed by atoms with van der Waals surface area (Å²) in [6.07, 6.45) is 0.972. The van der Waals surface area contributed by atoms with Crippen molar-refractivity contribution in [2.45, 2.75) is 25.8 Å². The Balaban J connectivity index is 2.10. The Morgan fingerprint density at radius 1 is 1.53 bits per heavy atom. The molecule has 0 N–H and O–H groups in total. The predicted molar refractivity (Wildman–Crippen MR) is 49.9 cm³/mol. The zero-order valence-corrected chi connectivity index (χ0v) is 8.56. The normalized spacial score (nSPS) is 29.5. The molecule has 2 heterocycles. The summed E-state index contributed by atoms with van der Waals surface area (Å²) in [5, 5.41) is 0. The number of ether oxygens (including phenoxy) is 1. The lowest BCUT2D eigenvalue weighted by molar-refractivity contribution is -0.150. The number of hydrogen-bond donors (Lipinski definition) is 0. The molecule has 5 nitrogen and oxygen atoms in total. The molecule has 2 aliphatic rings. The first-order valence-electron chi connectivity index (χ1n) is 5.15. The Morgan fingerprint density at radius 3 is 2.87 bits per heavy atom. The van der Waals surface area contributed by atoms with E-state index >= 15 is 0 Å². The van der Waals surface area contributed by atoms with E-state index in [9.17, 15) is 14.4 Å². The minimum atomic E-state index is -0.751. The number of rotatable bonds is 2. The van der Waals surface area contributed by atoms with Gasteiger partial charge in [-0.05, 0) is 13.3 Å². The summed E-state index contributed by atoms with van der Waals surface area (Å²) in [5.74, 6) is -1.43. The van der Waals surface area contributed by atoms with Gasteiger partial charge in [-0.15, -0.1) is 0 Å². The standard InChI is InChI=1S/C10H13NO4/c1-2-15-10(14)6-5-11-7(9(6)13)3-4-8(11)12/h6-7H,2-5H2,1H3/t6-,7+/m1/s1. The van der Waals surface area contributed by atoms with Gasteiger partial charge in [-0.3, -0.25) is 14.4 Å². The van der Waals surface area contributed by atoms with Crippen LogP contribution < -0.4 is 0 Å². The molecule has 2 rings (SSSR count). The minimum absolute atomic E-state index is 0.0276. The van der Waals surface area contributed by atoms with Gasteiger partial charge in [0.1, 0.15) is 5.92 Å². The monoisotopic (exact) mass is 211 g/mol. The van der Waals surface area contributed by atoms with Crippen LogP contribution in [-0.4, -0.2) is 41.8 Å². The van der Waals surface area contributed by atoms with Crippen molar-refractivity contribution in [3.63, 3.8) is 0 Å². The van der Waals surface area contributed by atoms with Crippen molar-refractivity contribution in [1.29, 1.82) is 0 Å². The third-order valence-electron chi connectivity index (χ3n) is 2.95. The summed E-state index contributed by atoms with van der Waals surface area (Å²) in [6.45, 7) is 2.17. The number of carbonyl (C=O) groups is 3. The number of Topliss-reactive ketones (excluding diaryl/α,β-unsaturated/α-hetero) is 1. The lowest BCUT2D eigenvalue weighted by Gasteiger charge is -2.12. The Labute approximate surface area is 87.4 Å². The maximum atomic E-state index is 11.8. The Hall–Kier alpha value is -1.39. The molecular formula is C10H13NO4. The molecular weight excluding hydrogens is 198 g/mol. The number of carbonyl (C=O) groups excluding carboxylic acids is 3. The summed E-state index contributed by atoms with van der Waals surface area (Å²) < 4.78 is 4.80. The molecule has 2 aliphatic heterocycles. The Morgan fingerprint density at radius 2 is 2.27 bits per heavy atom. The van der Waals surface area contributed by atoms with Gasteiger partial charge in [-0.2, -0.15) is 0 Å². The highest BCUT2D eigenvalue weighted by Gasteiger charge is 2.49. The van der Waals surface area contributed by atoms with Crippen LogP contribution in [0.15, 0.2) is 0 Å². The van der Waals surface area contributed by atoms with E-state index < -0.39 is 11.9 Å². The lowest BCUT2D eigenvalue weighted by Crippen LogP contribution is -2.29. The number of nitrogens with zero attached hydrogens (tertiary/aromatic N) is 1. The highest BCUT2D eigenvalue weighted by atomic mass is 16.5. The van der Waals surface area contributed by atoms with Crippen LogP contribution in [0.3, 0.4) is 0 Å². The fraction of sp³-hybridized carbons (Fsp3) is 0.700. The Bertz CT molecular complexity index is 325. The molecule has 2 atom stereocenters. The van der Waals surface area contributed by atoms with Crippen LogP contribution in [0.2, 0.25) is 0 Å². The van der Waals surface area contributed by atoms with Crippen LogP contribution in [0.25, 0.3) is 0 Å². The molecule has 1 amide bonds. The quantitative estimate of drug-likeness (QED) is 0.466. The van der Waals surface area contributed by atoms with Crippen molar-refractivity contribution in [3.05, 3.63) is 0 Å². The van der Waals surface area contributed by atoms with Gasteiger partial charge in [0, 0.05) is 13.0 Å². The molecule has 2 saturated heterocycles. The summed E-state index contributed by atoms with van der Waals surface area (Å²) in [5.41, 5.74) is 0. The van der Waals surface area contributed by atoms with Crippen molar-refractivity contribution in [2.24, 2.45) is 5.92 Å². The molecule has 0 aromatic heterocycles. The molecule has 0 radical (unpaired) electrons. The molecule has 0 spiro atoms. The third-order valence-corrected chi connectivity index (χ3v) is 2.95. The second kappa shape index (κ2) is 3.64. The first-order chi connectivity index (χ1) is 7.15. The van der Waals surface area contributed by atoms with E-state index in [1.54, 1.807) is 6.92 Å². The molecule has 0 saturated carbocycles. The maximum absolute atomic E-state index is 11.8. The summed E-state index contributed by atoms with van der Waals surface area (Å²) in [7, 11) is 0. The highest BCUT2D eigenvalue weighted by molar-refractivity contribution is 6.07. The summed E-state index contributed by atoms with van der Waals surface area (Å²) in [6, 6.07) is -0.369. The highest BCUT2D eigenvalue weighted by Crippen LogP contribution is 2.30.